The van der Waals surface area contributed by atoms with Crippen LogP contribution >= 0.6 is 0 Å². The van der Waals surface area contributed by atoms with Gasteiger partial charge in [0.25, 0.3) is 0 Å². The molecule has 0 N–H and O–H groups in total. The Bertz CT molecular complexity index is 1870. The first-order chi connectivity index (χ1) is 20.2. The van der Waals surface area contributed by atoms with Crippen molar-refractivity contribution in [2.45, 2.75) is 60.3 Å². The number of hydrogen-bond acceptors (Lipinski definition) is 1. The highest BCUT2D eigenvalue weighted by atomic mass is 19.1. The summed E-state index contributed by atoms with van der Waals surface area (Å²) in [6.45, 7) is 15.2. The number of pyridine rings is 1. The zero-order valence-electron chi connectivity index (χ0n) is 26.4. The van der Waals surface area contributed by atoms with Crippen LogP contribution in [-0.4, -0.2) is 0 Å². The van der Waals surface area contributed by atoms with Crippen LogP contribution in [0.4, 0.5) is 8.78 Å². The number of nitrogens with zero attached hydrogens (tertiary/aromatic N) is 2. The average Bonchev–Trinajstić information content (AvgIpc) is 2.92. The van der Waals surface area contributed by atoms with E-state index in [1.807, 2.05) is 48.0 Å². The molecule has 5 rings (SSSR count). The molecule has 0 radical (unpaired) electrons. The molecule has 218 valence electrons. The van der Waals surface area contributed by atoms with Gasteiger partial charge in [0, 0.05) is 17.2 Å². The predicted octanol–water partition coefficient (Wildman–Crippen LogP) is 10.0. The molecule has 4 heteroatoms. The molecular weight excluding hydrogens is 534 g/mol. The zero-order valence-corrected chi connectivity index (χ0v) is 26.4. The Balaban J connectivity index is 1.66. The summed E-state index contributed by atoms with van der Waals surface area (Å²) >= 11 is 0. The Morgan fingerprint density at radius 2 is 1.37 bits per heavy atom. The number of benzene rings is 4. The molecule has 0 spiro atoms. The molecule has 0 atom stereocenters. The van der Waals surface area contributed by atoms with Crippen molar-refractivity contribution in [3.63, 3.8) is 0 Å². The largest absolute Gasteiger partial charge is 0.213 e. The average molecular weight is 574 g/mol. The third kappa shape index (κ3) is 5.95. The molecule has 0 unspecified atom stereocenters. The highest BCUT2D eigenvalue weighted by molar-refractivity contribution is 5.94. The smallest absolute Gasteiger partial charge is 0.206 e. The number of aryl methyl sites for hydroxylation is 2. The number of nitriles is 1. The standard InChI is InChI=1S/C39H39F2N2/c1-24-29-11-9-10-12-30(29)33(39(5,6)7)19-31(24)36-20-32(28(22-42)23-43(36)8)37-34(40)17-27(18-35(37)41)26-15-13-25(14-16-26)21-38(2,3)4/h9-20,23H,21H2,1-8H3/q+1. The molecular formula is C39H39F2N2+. The normalized spacial score (nSPS) is 12.0. The lowest BCUT2D eigenvalue weighted by atomic mass is 9.80. The predicted molar refractivity (Wildman–Crippen MR) is 173 cm³/mol. The topological polar surface area (TPSA) is 27.7 Å². The zero-order chi connectivity index (χ0) is 31.3. The van der Waals surface area contributed by atoms with E-state index in [4.69, 9.17) is 0 Å². The maximum atomic E-state index is 15.9. The van der Waals surface area contributed by atoms with Gasteiger partial charge in [-0.3, -0.25) is 0 Å². The van der Waals surface area contributed by atoms with Crippen molar-refractivity contribution in [2.24, 2.45) is 12.5 Å². The summed E-state index contributed by atoms with van der Waals surface area (Å²) < 4.78 is 33.6. The molecule has 43 heavy (non-hydrogen) atoms. The Kier molecular flexibility index (Phi) is 7.73. The minimum absolute atomic E-state index is 0.130. The van der Waals surface area contributed by atoms with Crippen molar-refractivity contribution in [3.8, 4) is 39.6 Å². The van der Waals surface area contributed by atoms with E-state index in [1.165, 1.54) is 28.6 Å². The first-order valence-electron chi connectivity index (χ1n) is 14.7. The number of hydrogen-bond donors (Lipinski definition) is 0. The van der Waals surface area contributed by atoms with Crippen LogP contribution in [0.1, 0.15) is 63.8 Å². The third-order valence-corrected chi connectivity index (χ3v) is 8.13. The van der Waals surface area contributed by atoms with Crippen molar-refractivity contribution in [2.75, 3.05) is 0 Å². The minimum Gasteiger partial charge on any atom is -0.206 e. The Morgan fingerprint density at radius 1 is 0.767 bits per heavy atom. The summed E-state index contributed by atoms with van der Waals surface area (Å²) in [4.78, 5) is 0. The maximum Gasteiger partial charge on any atom is 0.213 e. The fourth-order valence-electron chi connectivity index (χ4n) is 6.04. The molecule has 0 aliphatic rings. The van der Waals surface area contributed by atoms with Gasteiger partial charge >= 0.3 is 0 Å². The number of rotatable bonds is 4. The van der Waals surface area contributed by atoms with E-state index in [0.717, 1.165) is 34.2 Å². The second-order valence-corrected chi connectivity index (χ2v) is 13.9. The lowest BCUT2D eigenvalue weighted by Gasteiger charge is -2.24. The van der Waals surface area contributed by atoms with E-state index < -0.39 is 11.6 Å². The Morgan fingerprint density at radius 3 is 1.93 bits per heavy atom. The van der Waals surface area contributed by atoms with Crippen LogP contribution < -0.4 is 4.57 Å². The molecule has 1 aromatic heterocycles. The molecule has 2 nitrogen and oxygen atoms in total. The van der Waals surface area contributed by atoms with E-state index in [1.54, 1.807) is 12.3 Å². The second kappa shape index (κ2) is 11.0. The van der Waals surface area contributed by atoms with Crippen molar-refractivity contribution in [1.82, 2.24) is 0 Å². The van der Waals surface area contributed by atoms with Gasteiger partial charge in [-0.05, 0) is 81.0 Å². The Hall–Kier alpha value is -4.36. The van der Waals surface area contributed by atoms with Gasteiger partial charge in [0.1, 0.15) is 30.3 Å². The lowest BCUT2D eigenvalue weighted by molar-refractivity contribution is -0.660. The molecule has 0 aliphatic carbocycles. The van der Waals surface area contributed by atoms with Gasteiger partial charge in [-0.15, -0.1) is 0 Å². The molecule has 0 bridgehead atoms. The van der Waals surface area contributed by atoms with E-state index in [0.29, 0.717) is 5.56 Å². The second-order valence-electron chi connectivity index (χ2n) is 13.9. The van der Waals surface area contributed by atoms with Gasteiger partial charge < -0.3 is 0 Å². The van der Waals surface area contributed by atoms with Gasteiger partial charge in [0.05, 0.1) is 5.56 Å². The van der Waals surface area contributed by atoms with Crippen molar-refractivity contribution < 1.29 is 13.3 Å². The van der Waals surface area contributed by atoms with E-state index in [2.05, 4.69) is 72.7 Å². The van der Waals surface area contributed by atoms with Gasteiger partial charge in [0.15, 0.2) is 6.20 Å². The van der Waals surface area contributed by atoms with Crippen LogP contribution in [0.3, 0.4) is 0 Å². The van der Waals surface area contributed by atoms with Crippen LogP contribution in [0.2, 0.25) is 0 Å². The molecule has 0 saturated carbocycles. The van der Waals surface area contributed by atoms with Crippen LogP contribution in [0.5, 0.6) is 0 Å². The molecule has 0 fully saturated rings. The van der Waals surface area contributed by atoms with Gasteiger partial charge in [0.2, 0.25) is 5.69 Å². The molecule has 0 amide bonds. The molecule has 1 heterocycles. The van der Waals surface area contributed by atoms with Gasteiger partial charge in [-0.25, -0.2) is 8.78 Å². The summed E-state index contributed by atoms with van der Waals surface area (Å²) in [5, 5.41) is 12.3. The molecule has 4 aromatic carbocycles. The highest BCUT2D eigenvalue weighted by Crippen LogP contribution is 2.39. The summed E-state index contributed by atoms with van der Waals surface area (Å²) in [5.74, 6) is -1.40. The maximum absolute atomic E-state index is 15.9. The Labute approximate surface area is 254 Å². The minimum atomic E-state index is -0.698. The van der Waals surface area contributed by atoms with E-state index in [9.17, 15) is 5.26 Å². The first-order valence-corrected chi connectivity index (χ1v) is 14.7. The van der Waals surface area contributed by atoms with Crippen LogP contribution in [-0.2, 0) is 18.9 Å². The quantitative estimate of drug-likeness (QED) is 0.197. The van der Waals surface area contributed by atoms with Crippen molar-refractivity contribution in [3.05, 3.63) is 113 Å². The highest BCUT2D eigenvalue weighted by Gasteiger charge is 2.26. The number of halogens is 2. The summed E-state index contributed by atoms with van der Waals surface area (Å²) in [6.07, 6.45) is 2.57. The summed E-state index contributed by atoms with van der Waals surface area (Å²) in [7, 11) is 1.87. The first kappa shape index (κ1) is 30.1. The fourth-order valence-corrected chi connectivity index (χ4v) is 6.04. The van der Waals surface area contributed by atoms with E-state index in [-0.39, 0.29) is 27.5 Å². The van der Waals surface area contributed by atoms with E-state index >= 15 is 8.78 Å². The number of fused-ring (bicyclic) bond motifs is 1. The van der Waals surface area contributed by atoms with Crippen molar-refractivity contribution in [1.29, 1.82) is 5.26 Å². The lowest BCUT2D eigenvalue weighted by Crippen LogP contribution is -2.32. The monoisotopic (exact) mass is 573 g/mol. The van der Waals surface area contributed by atoms with Gasteiger partial charge in [-0.1, -0.05) is 90.1 Å². The fraction of sp³-hybridized carbons (Fsp3) is 0.282. The molecule has 0 aliphatic heterocycles. The molecule has 0 saturated heterocycles. The van der Waals surface area contributed by atoms with Crippen LogP contribution in [0.25, 0.3) is 44.3 Å². The third-order valence-electron chi connectivity index (χ3n) is 8.13. The summed E-state index contributed by atoms with van der Waals surface area (Å²) in [6, 6.07) is 25.0. The van der Waals surface area contributed by atoms with Crippen LogP contribution in [0.15, 0.2) is 79.0 Å². The van der Waals surface area contributed by atoms with Gasteiger partial charge in [-0.2, -0.15) is 9.83 Å². The SMILES string of the molecule is Cc1c(-c2cc(-c3c(F)cc(-c4ccc(CC(C)(C)C)cc4)cc3F)c(C#N)c[n+]2C)cc(C(C)(C)C)c2ccccc12. The number of aromatic nitrogens is 1. The summed E-state index contributed by atoms with van der Waals surface area (Å²) in [5.41, 5.74) is 6.64. The van der Waals surface area contributed by atoms with Crippen LogP contribution in [0, 0.1) is 35.3 Å². The van der Waals surface area contributed by atoms with Crippen molar-refractivity contribution >= 4 is 10.8 Å². The molecule has 5 aromatic rings.